The van der Waals surface area contributed by atoms with Crippen LogP contribution in [0.2, 0.25) is 0 Å². The molecule has 168 valence electrons. The van der Waals surface area contributed by atoms with Crippen molar-refractivity contribution in [1.82, 2.24) is 4.90 Å². The van der Waals surface area contributed by atoms with Crippen LogP contribution >= 0.6 is 11.9 Å². The predicted octanol–water partition coefficient (Wildman–Crippen LogP) is 5.94. The van der Waals surface area contributed by atoms with Crippen LogP contribution < -0.4 is 4.90 Å². The largest absolute Gasteiger partial charge is 0.444 e. The minimum atomic E-state index is -0.467. The van der Waals surface area contributed by atoms with E-state index >= 15 is 0 Å². The van der Waals surface area contributed by atoms with Crippen LogP contribution in [-0.2, 0) is 4.74 Å². The van der Waals surface area contributed by atoms with Crippen molar-refractivity contribution in [2.24, 2.45) is 10.3 Å². The minimum Gasteiger partial charge on any atom is -0.444 e. The average molecular weight is 434 g/mol. The van der Waals surface area contributed by atoms with Crippen molar-refractivity contribution in [2.45, 2.75) is 72.7 Å². The average Bonchev–Trinajstić information content (AvgIpc) is 2.59. The monoisotopic (exact) mass is 433 g/mol. The molecule has 1 amide bonds. The molecule has 1 aliphatic rings. The lowest BCUT2D eigenvalue weighted by Gasteiger charge is -2.37. The second-order valence-corrected chi connectivity index (χ2v) is 11.9. The molecule has 0 bridgehead atoms. The van der Waals surface area contributed by atoms with Gasteiger partial charge in [0, 0.05) is 42.2 Å². The van der Waals surface area contributed by atoms with E-state index in [1.165, 1.54) is 16.8 Å². The molecule has 1 fully saturated rings. The summed E-state index contributed by atoms with van der Waals surface area (Å²) in [5, 5.41) is 0. The van der Waals surface area contributed by atoms with Gasteiger partial charge in [-0.1, -0.05) is 25.5 Å². The molecular formula is C24H39N3O2S. The first kappa shape index (κ1) is 24.6. The van der Waals surface area contributed by atoms with E-state index in [1.54, 1.807) is 11.9 Å². The molecule has 0 aromatic heterocycles. The Balaban J connectivity index is 2.24. The van der Waals surface area contributed by atoms with Crippen LogP contribution in [0.15, 0.2) is 22.6 Å². The summed E-state index contributed by atoms with van der Waals surface area (Å²) in [6.07, 6.45) is -0.225. The van der Waals surface area contributed by atoms with E-state index in [2.05, 4.69) is 64.6 Å². The molecule has 1 saturated heterocycles. The van der Waals surface area contributed by atoms with Gasteiger partial charge in [0.2, 0.25) is 0 Å². The van der Waals surface area contributed by atoms with Gasteiger partial charge in [0.1, 0.15) is 5.60 Å². The van der Waals surface area contributed by atoms with E-state index < -0.39 is 5.60 Å². The number of carbonyl (C=O) groups excluding carboxylic acids is 1. The molecule has 2 rings (SSSR count). The Kier molecular flexibility index (Phi) is 7.89. The number of piperazine rings is 1. The van der Waals surface area contributed by atoms with E-state index in [-0.39, 0.29) is 10.8 Å². The minimum absolute atomic E-state index is 0.0726. The summed E-state index contributed by atoms with van der Waals surface area (Å²) in [6.45, 7) is 21.7. The number of nitrogens with zero attached hydrogens (tertiary/aromatic N) is 3. The zero-order valence-corrected chi connectivity index (χ0v) is 21.0. The molecule has 0 aliphatic carbocycles. The van der Waals surface area contributed by atoms with Crippen molar-refractivity contribution < 1.29 is 9.53 Å². The Bertz CT molecular complexity index is 768. The number of anilines is 1. The van der Waals surface area contributed by atoms with Crippen molar-refractivity contribution in [1.29, 1.82) is 0 Å². The highest BCUT2D eigenvalue weighted by molar-refractivity contribution is 7.99. The topological polar surface area (TPSA) is 45.1 Å². The van der Waals surface area contributed by atoms with Crippen molar-refractivity contribution in [2.75, 3.05) is 31.1 Å². The lowest BCUT2D eigenvalue weighted by molar-refractivity contribution is 0.0240. The summed E-state index contributed by atoms with van der Waals surface area (Å²) in [7, 11) is 0. The van der Waals surface area contributed by atoms with Crippen molar-refractivity contribution in [3.8, 4) is 0 Å². The van der Waals surface area contributed by atoms with Crippen LogP contribution in [-0.4, -0.2) is 53.2 Å². The number of benzene rings is 1. The van der Waals surface area contributed by atoms with Crippen LogP contribution in [0.4, 0.5) is 10.5 Å². The molecule has 1 aliphatic heterocycles. The number of carbonyl (C=O) groups is 1. The molecule has 5 nitrogen and oxygen atoms in total. The molecule has 30 heavy (non-hydrogen) atoms. The molecule has 0 radical (unpaired) electrons. The maximum Gasteiger partial charge on any atom is 0.410 e. The van der Waals surface area contributed by atoms with Crippen LogP contribution in [0.5, 0.6) is 0 Å². The molecule has 0 spiro atoms. The number of hydrogen-bond donors (Lipinski definition) is 0. The number of rotatable bonds is 4. The van der Waals surface area contributed by atoms with Gasteiger partial charge >= 0.3 is 6.09 Å². The maximum atomic E-state index is 12.4. The van der Waals surface area contributed by atoms with Crippen molar-refractivity contribution >= 4 is 29.4 Å². The van der Waals surface area contributed by atoms with Gasteiger partial charge in [0.05, 0.1) is 5.71 Å². The first-order valence-corrected chi connectivity index (χ1v) is 11.6. The fourth-order valence-electron chi connectivity index (χ4n) is 3.24. The van der Waals surface area contributed by atoms with E-state index in [0.29, 0.717) is 19.0 Å². The SMILES string of the molecule is Cc1ccc(N2CCN(C(=O)OC(C)(C)C)CC2)c(/C(=N/SC(C)(C)C)C(C)C)c1. The molecule has 0 atom stereocenters. The van der Waals surface area contributed by atoms with Gasteiger partial charge in [-0.25, -0.2) is 9.19 Å². The zero-order chi connectivity index (χ0) is 22.7. The molecule has 0 N–H and O–H groups in total. The van der Waals surface area contributed by atoms with Gasteiger partial charge in [-0.15, -0.1) is 0 Å². The zero-order valence-electron chi connectivity index (χ0n) is 20.2. The maximum absolute atomic E-state index is 12.4. The quantitative estimate of drug-likeness (QED) is 0.435. The van der Waals surface area contributed by atoms with Gasteiger partial charge in [0.25, 0.3) is 0 Å². The normalized spacial score (nSPS) is 16.3. The third-order valence-corrected chi connectivity index (χ3v) is 5.50. The van der Waals surface area contributed by atoms with Crippen LogP contribution in [0.25, 0.3) is 0 Å². The Morgan fingerprint density at radius 2 is 1.67 bits per heavy atom. The highest BCUT2D eigenvalue weighted by Gasteiger charge is 2.27. The smallest absolute Gasteiger partial charge is 0.410 e. The Labute approximate surface area is 187 Å². The summed E-state index contributed by atoms with van der Waals surface area (Å²) in [5.74, 6) is 0.323. The lowest BCUT2D eigenvalue weighted by atomic mass is 9.96. The fourth-order valence-corrected chi connectivity index (χ4v) is 3.92. The van der Waals surface area contributed by atoms with Crippen LogP contribution in [0, 0.1) is 12.8 Å². The summed E-state index contributed by atoms with van der Waals surface area (Å²) in [5.41, 5.74) is 4.29. The second-order valence-electron chi connectivity index (χ2n) is 10.3. The number of ether oxygens (including phenoxy) is 1. The summed E-state index contributed by atoms with van der Waals surface area (Å²) >= 11 is 1.64. The molecular weight excluding hydrogens is 394 g/mol. The van der Waals surface area contributed by atoms with Gasteiger partial charge in [0.15, 0.2) is 0 Å². The molecule has 6 heteroatoms. The molecule has 1 aromatic rings. The first-order valence-electron chi connectivity index (χ1n) is 10.9. The number of aryl methyl sites for hydroxylation is 1. The highest BCUT2D eigenvalue weighted by atomic mass is 32.2. The van der Waals surface area contributed by atoms with E-state index in [4.69, 9.17) is 9.13 Å². The lowest BCUT2D eigenvalue weighted by Crippen LogP contribution is -2.50. The Morgan fingerprint density at radius 1 is 1.07 bits per heavy atom. The van der Waals surface area contributed by atoms with E-state index in [1.807, 2.05) is 25.7 Å². The van der Waals surface area contributed by atoms with Gasteiger partial charge in [-0.2, -0.15) is 0 Å². The van der Waals surface area contributed by atoms with Crippen LogP contribution in [0.1, 0.15) is 66.5 Å². The Morgan fingerprint density at radius 3 is 2.17 bits per heavy atom. The molecule has 0 saturated carbocycles. The third-order valence-electron chi connectivity index (χ3n) is 4.66. The van der Waals surface area contributed by atoms with E-state index in [9.17, 15) is 4.79 Å². The second kappa shape index (κ2) is 9.63. The molecule has 0 unspecified atom stereocenters. The van der Waals surface area contributed by atoms with Gasteiger partial charge in [-0.3, -0.25) is 0 Å². The Hall–Kier alpha value is -1.69. The predicted molar refractivity (Wildman–Crippen MR) is 130 cm³/mol. The van der Waals surface area contributed by atoms with Crippen LogP contribution in [0.3, 0.4) is 0 Å². The van der Waals surface area contributed by atoms with Crippen molar-refractivity contribution in [3.63, 3.8) is 0 Å². The van der Waals surface area contributed by atoms with Gasteiger partial charge < -0.3 is 14.5 Å². The summed E-state index contributed by atoms with van der Waals surface area (Å²) < 4.78 is 10.6. The molecule has 1 aromatic carbocycles. The highest BCUT2D eigenvalue weighted by Crippen LogP contribution is 2.31. The number of hydrogen-bond acceptors (Lipinski definition) is 5. The van der Waals surface area contributed by atoms with Gasteiger partial charge in [-0.05, 0) is 78.5 Å². The van der Waals surface area contributed by atoms with E-state index in [0.717, 1.165) is 18.8 Å². The number of amides is 1. The molecule has 1 heterocycles. The fraction of sp³-hybridized carbons (Fsp3) is 0.667. The van der Waals surface area contributed by atoms with Crippen molar-refractivity contribution in [3.05, 3.63) is 29.3 Å². The summed E-state index contributed by atoms with van der Waals surface area (Å²) in [6, 6.07) is 6.61. The summed E-state index contributed by atoms with van der Waals surface area (Å²) in [4.78, 5) is 16.6. The third kappa shape index (κ3) is 7.22. The standard InChI is InChI=1S/C24H39N3O2S/c1-17(2)21(25-30-24(7,8)9)19-16-18(3)10-11-20(19)26-12-14-27(15-13-26)22(28)29-23(4,5)6/h10-11,16-17H,12-15H2,1-9H3/b25-21+. The first-order chi connectivity index (χ1) is 13.8.